The first kappa shape index (κ1) is 40.3. The van der Waals surface area contributed by atoms with E-state index in [2.05, 4.69) is 71.8 Å². The van der Waals surface area contributed by atoms with Crippen LogP contribution in [0.2, 0.25) is 0 Å². The number of hydrogen-bond acceptors (Lipinski definition) is 10. The summed E-state index contributed by atoms with van der Waals surface area (Å²) in [5.74, 6) is 1.63. The van der Waals surface area contributed by atoms with Crippen molar-refractivity contribution < 1.29 is 9.59 Å². The summed E-state index contributed by atoms with van der Waals surface area (Å²) < 4.78 is 4.78. The second-order valence-electron chi connectivity index (χ2n) is 13.9. The Kier molecular flexibility index (Phi) is 12.4. The molecule has 2 aromatic carbocycles. The minimum absolute atomic E-state index is 0.0116. The minimum atomic E-state index is -0.0398. The van der Waals surface area contributed by atoms with E-state index in [0.29, 0.717) is 17.9 Å². The lowest BCUT2D eigenvalue weighted by Crippen LogP contribution is -2.53. The molecule has 2 N–H and O–H groups in total. The van der Waals surface area contributed by atoms with E-state index in [9.17, 15) is 19.2 Å². The third kappa shape index (κ3) is 9.02. The molecule has 2 atom stereocenters. The third-order valence-electron chi connectivity index (χ3n) is 9.86. The molecule has 6 aromatic rings. The normalized spacial score (nSPS) is 17.0. The summed E-state index contributed by atoms with van der Waals surface area (Å²) in [5, 5.41) is 7.37. The first-order valence-corrected chi connectivity index (χ1v) is 19.7. The molecule has 6 heterocycles. The van der Waals surface area contributed by atoms with Gasteiger partial charge >= 0.3 is 0 Å². The average Bonchev–Trinajstić information content (AvgIpc) is 3.62. The highest BCUT2D eigenvalue weighted by Crippen LogP contribution is 2.23. The minimum Gasteiger partial charge on any atom is -0.337 e. The van der Waals surface area contributed by atoms with Crippen LogP contribution in [0.5, 0.6) is 0 Å². The molecule has 2 amide bonds. The van der Waals surface area contributed by atoms with Gasteiger partial charge in [-0.15, -0.1) is 0 Å². The Morgan fingerprint density at radius 2 is 1.07 bits per heavy atom. The summed E-state index contributed by atoms with van der Waals surface area (Å²) in [5.41, 5.74) is 3.46. The van der Waals surface area contributed by atoms with Crippen LogP contribution in [0.3, 0.4) is 0 Å². The van der Waals surface area contributed by atoms with Gasteiger partial charge in [0.05, 0.1) is 26.3 Å². The number of carbonyl (C=O) groups excluding carboxylic acids is 2. The molecule has 0 unspecified atom stereocenters. The SMILES string of the molecule is CC(=O)N1CCN(c2ncc(-c3ccc4c(=O)n(C)[nH]c4c3)cn2)C[C@H]1C.CC(=O)N1CCN(c2ncc(Br)cn2)C[C@H]1C.Cn1[nH]c2cc(Br)ccc2c1=O. The number of benzene rings is 2. The van der Waals surface area contributed by atoms with Crippen LogP contribution >= 0.6 is 31.9 Å². The van der Waals surface area contributed by atoms with E-state index in [0.717, 1.165) is 75.2 Å². The summed E-state index contributed by atoms with van der Waals surface area (Å²) in [6, 6.07) is 11.5. The van der Waals surface area contributed by atoms with Gasteiger partial charge in [-0.1, -0.05) is 22.0 Å². The van der Waals surface area contributed by atoms with Crippen LogP contribution in [0.15, 0.2) is 79.7 Å². The number of aryl methyl sites for hydroxylation is 2. The number of rotatable bonds is 3. The van der Waals surface area contributed by atoms with Crippen LogP contribution in [0.25, 0.3) is 32.9 Å². The number of nitrogens with one attached hydrogen (secondary N) is 2. The highest BCUT2D eigenvalue weighted by atomic mass is 79.9. The Balaban J connectivity index is 0.000000156. The Hall–Kier alpha value is -5.36. The van der Waals surface area contributed by atoms with Gasteiger partial charge in [0.25, 0.3) is 11.1 Å². The lowest BCUT2D eigenvalue weighted by atomic mass is 10.1. The van der Waals surface area contributed by atoms with Crippen molar-refractivity contribution in [2.24, 2.45) is 14.1 Å². The fraction of sp³-hybridized carbons (Fsp3) is 0.368. The first-order valence-electron chi connectivity index (χ1n) is 18.1. The van der Waals surface area contributed by atoms with Crippen molar-refractivity contribution in [1.29, 1.82) is 0 Å². The summed E-state index contributed by atoms with van der Waals surface area (Å²) in [6.45, 7) is 11.7. The Morgan fingerprint density at radius 3 is 1.54 bits per heavy atom. The Bertz CT molecular complexity index is 2460. The summed E-state index contributed by atoms with van der Waals surface area (Å²) in [6.07, 6.45) is 7.08. The first-order chi connectivity index (χ1) is 26.7. The molecule has 0 spiro atoms. The smallest absolute Gasteiger partial charge is 0.274 e. The van der Waals surface area contributed by atoms with Gasteiger partial charge in [-0.2, -0.15) is 0 Å². The molecular formula is C38H44Br2N12O4. The number of anilines is 2. The van der Waals surface area contributed by atoms with E-state index >= 15 is 0 Å². The maximum Gasteiger partial charge on any atom is 0.274 e. The zero-order chi connectivity index (χ0) is 40.3. The molecule has 0 saturated carbocycles. The molecule has 0 radical (unpaired) electrons. The maximum atomic E-state index is 12.0. The van der Waals surface area contributed by atoms with Gasteiger partial charge in [-0.05, 0) is 65.7 Å². The second kappa shape index (κ2) is 17.2. The van der Waals surface area contributed by atoms with Crippen molar-refractivity contribution in [2.75, 3.05) is 49.1 Å². The Morgan fingerprint density at radius 1 is 0.625 bits per heavy atom. The van der Waals surface area contributed by atoms with Gasteiger partial charge in [-0.25, -0.2) is 19.9 Å². The van der Waals surface area contributed by atoms with Gasteiger partial charge in [-0.3, -0.25) is 38.7 Å². The molecular weight excluding hydrogens is 848 g/mol. The zero-order valence-corrected chi connectivity index (χ0v) is 35.2. The van der Waals surface area contributed by atoms with E-state index in [1.807, 2.05) is 54.0 Å². The van der Waals surface area contributed by atoms with Gasteiger partial charge in [0, 0.05) is 114 Å². The zero-order valence-electron chi connectivity index (χ0n) is 32.0. The van der Waals surface area contributed by atoms with Crippen molar-refractivity contribution in [3.8, 4) is 11.1 Å². The van der Waals surface area contributed by atoms with E-state index in [4.69, 9.17) is 0 Å². The molecule has 2 aliphatic rings. The lowest BCUT2D eigenvalue weighted by Gasteiger charge is -2.39. The molecule has 56 heavy (non-hydrogen) atoms. The topological polar surface area (TPSA) is 174 Å². The number of nitrogens with zero attached hydrogens (tertiary/aromatic N) is 10. The summed E-state index contributed by atoms with van der Waals surface area (Å²) in [7, 11) is 3.41. The van der Waals surface area contributed by atoms with Crippen LogP contribution in [-0.4, -0.2) is 112 Å². The quantitative estimate of drug-likeness (QED) is 0.261. The lowest BCUT2D eigenvalue weighted by molar-refractivity contribution is -0.132. The molecule has 8 rings (SSSR count). The maximum absolute atomic E-state index is 12.0. The van der Waals surface area contributed by atoms with Gasteiger partial charge in [0.2, 0.25) is 23.7 Å². The number of fused-ring (bicyclic) bond motifs is 2. The highest BCUT2D eigenvalue weighted by molar-refractivity contribution is 9.10. The van der Waals surface area contributed by atoms with Crippen molar-refractivity contribution >= 4 is 77.4 Å². The number of halogens is 2. The highest BCUT2D eigenvalue weighted by Gasteiger charge is 2.27. The molecule has 2 aliphatic heterocycles. The molecule has 2 fully saturated rings. The average molecular weight is 893 g/mol. The molecule has 18 heteroatoms. The van der Waals surface area contributed by atoms with Crippen molar-refractivity contribution in [1.82, 2.24) is 49.3 Å². The van der Waals surface area contributed by atoms with Crippen molar-refractivity contribution in [3.63, 3.8) is 0 Å². The molecule has 4 aromatic heterocycles. The summed E-state index contributed by atoms with van der Waals surface area (Å²) in [4.78, 5) is 71.9. The van der Waals surface area contributed by atoms with Crippen LogP contribution in [0.1, 0.15) is 27.7 Å². The number of amides is 2. The predicted molar refractivity (Wildman–Crippen MR) is 224 cm³/mol. The standard InChI is InChI=1S/C19H22N6O2.C11H15BrN4O.C8H7BrN2O/c1-12-11-24(6-7-25(12)13(2)26)19-20-9-15(10-21-19)14-4-5-16-17(8-14)22-23(3)18(16)27;1-8-7-15(3-4-16(8)9(2)17)11-13-5-10(12)6-14-11;1-11-8(12)6-3-2-5(9)4-7(6)10-11/h4-5,8-10,12,22H,6-7,11H2,1-3H3;5-6,8H,3-4,7H2,1-2H3;2-4,10H,1H3/t12-;8-;/m11./s1. The van der Waals surface area contributed by atoms with E-state index in [1.54, 1.807) is 58.8 Å². The van der Waals surface area contributed by atoms with Gasteiger partial charge in [0.15, 0.2) is 0 Å². The molecule has 0 aliphatic carbocycles. The molecule has 294 valence electrons. The monoisotopic (exact) mass is 890 g/mol. The van der Waals surface area contributed by atoms with E-state index in [-0.39, 0.29) is 35.0 Å². The second-order valence-corrected chi connectivity index (χ2v) is 15.7. The van der Waals surface area contributed by atoms with Crippen LogP contribution in [0, 0.1) is 0 Å². The molecule has 16 nitrogen and oxygen atoms in total. The largest absolute Gasteiger partial charge is 0.337 e. The molecule has 0 bridgehead atoms. The van der Waals surface area contributed by atoms with Crippen molar-refractivity contribution in [3.05, 3.63) is 90.8 Å². The van der Waals surface area contributed by atoms with Gasteiger partial charge in [0.1, 0.15) is 0 Å². The number of carbonyl (C=O) groups is 2. The van der Waals surface area contributed by atoms with Crippen LogP contribution in [0.4, 0.5) is 11.9 Å². The molecule has 2 saturated heterocycles. The fourth-order valence-electron chi connectivity index (χ4n) is 6.94. The van der Waals surface area contributed by atoms with Crippen LogP contribution in [-0.2, 0) is 23.7 Å². The third-order valence-corrected chi connectivity index (χ3v) is 10.8. The fourth-order valence-corrected chi connectivity index (χ4v) is 7.50. The van der Waals surface area contributed by atoms with E-state index in [1.165, 1.54) is 9.36 Å². The summed E-state index contributed by atoms with van der Waals surface area (Å²) >= 11 is 6.65. The number of hydrogen-bond donors (Lipinski definition) is 2. The van der Waals surface area contributed by atoms with Crippen molar-refractivity contribution in [2.45, 2.75) is 39.8 Å². The van der Waals surface area contributed by atoms with E-state index < -0.39 is 0 Å². The number of aromatic amines is 2. The van der Waals surface area contributed by atoms with Crippen LogP contribution < -0.4 is 20.9 Å². The number of piperazine rings is 2. The predicted octanol–water partition coefficient (Wildman–Crippen LogP) is 4.31. The number of aromatic nitrogens is 8. The Labute approximate surface area is 339 Å². The van der Waals surface area contributed by atoms with Gasteiger partial charge < -0.3 is 19.6 Å². The number of H-pyrrole nitrogens is 2.